The van der Waals surface area contributed by atoms with Gasteiger partial charge in [0.05, 0.1) is 12.6 Å². The van der Waals surface area contributed by atoms with E-state index in [1.807, 2.05) is 30.3 Å². The molecule has 1 atom stereocenters. The van der Waals surface area contributed by atoms with E-state index in [9.17, 15) is 14.3 Å². The molecule has 21 heavy (non-hydrogen) atoms. The fourth-order valence-corrected chi connectivity index (χ4v) is 2.07. The lowest BCUT2D eigenvalue weighted by Crippen LogP contribution is -2.39. The van der Waals surface area contributed by atoms with Gasteiger partial charge in [0.2, 0.25) is 0 Å². The first kappa shape index (κ1) is 15.0. The van der Waals surface area contributed by atoms with Crippen LogP contribution in [0.5, 0.6) is 0 Å². The third-order valence-corrected chi connectivity index (χ3v) is 3.06. The van der Waals surface area contributed by atoms with Crippen molar-refractivity contribution >= 4 is 11.6 Å². The van der Waals surface area contributed by atoms with Crippen LogP contribution < -0.4 is 11.1 Å². The molecule has 2 aromatic rings. The van der Waals surface area contributed by atoms with Crippen LogP contribution in [0, 0.1) is 5.82 Å². The zero-order valence-corrected chi connectivity index (χ0v) is 11.4. The van der Waals surface area contributed by atoms with Crippen LogP contribution in [0.4, 0.5) is 10.1 Å². The van der Waals surface area contributed by atoms with E-state index in [1.54, 1.807) is 0 Å². The highest BCUT2D eigenvalue weighted by atomic mass is 19.1. The van der Waals surface area contributed by atoms with Crippen LogP contribution in [0.1, 0.15) is 15.9 Å². The van der Waals surface area contributed by atoms with E-state index in [4.69, 9.17) is 5.73 Å². The minimum absolute atomic E-state index is 0.138. The van der Waals surface area contributed by atoms with Gasteiger partial charge in [0.15, 0.2) is 0 Å². The van der Waals surface area contributed by atoms with Gasteiger partial charge in [-0.1, -0.05) is 30.3 Å². The molecule has 0 aliphatic heterocycles. The van der Waals surface area contributed by atoms with Gasteiger partial charge in [-0.3, -0.25) is 4.79 Å². The van der Waals surface area contributed by atoms with Gasteiger partial charge < -0.3 is 16.2 Å². The molecular formula is C16H17FN2O2. The molecule has 0 aliphatic rings. The summed E-state index contributed by atoms with van der Waals surface area (Å²) in [7, 11) is 0. The van der Waals surface area contributed by atoms with E-state index in [2.05, 4.69) is 5.32 Å². The number of benzene rings is 2. The van der Waals surface area contributed by atoms with Crippen LogP contribution in [-0.2, 0) is 6.42 Å². The van der Waals surface area contributed by atoms with Crippen LogP contribution in [0.3, 0.4) is 0 Å². The summed E-state index contributed by atoms with van der Waals surface area (Å²) in [6.45, 7) is -0.203. The average molecular weight is 288 g/mol. The normalized spacial score (nSPS) is 11.9. The highest BCUT2D eigenvalue weighted by Gasteiger charge is 2.14. The van der Waals surface area contributed by atoms with Gasteiger partial charge in [0.1, 0.15) is 5.82 Å². The fraction of sp³-hybridized carbons (Fsp3) is 0.188. The van der Waals surface area contributed by atoms with Crippen molar-refractivity contribution in [2.24, 2.45) is 0 Å². The van der Waals surface area contributed by atoms with Crippen molar-refractivity contribution in [3.63, 3.8) is 0 Å². The first-order chi connectivity index (χ1) is 10.1. The molecule has 0 saturated heterocycles. The predicted molar refractivity (Wildman–Crippen MR) is 79.3 cm³/mol. The fourth-order valence-electron chi connectivity index (χ4n) is 2.07. The quantitative estimate of drug-likeness (QED) is 0.734. The summed E-state index contributed by atoms with van der Waals surface area (Å²) in [6.07, 6.45) is 0.494. The summed E-state index contributed by atoms with van der Waals surface area (Å²) in [5.41, 5.74) is 6.83. The number of amides is 1. The number of carbonyl (C=O) groups excluding carboxylic acids is 1. The number of aliphatic hydroxyl groups excluding tert-OH is 1. The van der Waals surface area contributed by atoms with Crippen molar-refractivity contribution in [1.82, 2.24) is 5.32 Å². The van der Waals surface area contributed by atoms with Crippen molar-refractivity contribution in [2.45, 2.75) is 12.5 Å². The number of nitrogens with two attached hydrogens (primary N) is 1. The maximum atomic E-state index is 13.2. The zero-order valence-electron chi connectivity index (χ0n) is 11.4. The molecule has 0 saturated carbocycles. The summed E-state index contributed by atoms with van der Waals surface area (Å²) >= 11 is 0. The first-order valence-electron chi connectivity index (χ1n) is 6.60. The standard InChI is InChI=1S/C16H17FN2O2/c17-13-7-12(8-14(18)9-13)16(21)19-15(10-20)6-11-4-2-1-3-5-11/h1-5,7-9,15,20H,6,10,18H2,(H,19,21). The van der Waals surface area contributed by atoms with Gasteiger partial charge in [-0.25, -0.2) is 4.39 Å². The molecule has 4 N–H and O–H groups in total. The SMILES string of the molecule is Nc1cc(F)cc(C(=O)NC(CO)Cc2ccccc2)c1. The smallest absolute Gasteiger partial charge is 0.251 e. The van der Waals surface area contributed by atoms with Crippen molar-refractivity contribution in [1.29, 1.82) is 0 Å². The number of aliphatic hydroxyl groups is 1. The molecule has 5 heteroatoms. The Balaban J connectivity index is 2.05. The third kappa shape index (κ3) is 4.29. The topological polar surface area (TPSA) is 75.4 Å². The van der Waals surface area contributed by atoms with Gasteiger partial charge in [0.25, 0.3) is 5.91 Å². The van der Waals surface area contributed by atoms with Gasteiger partial charge in [-0.2, -0.15) is 0 Å². The van der Waals surface area contributed by atoms with Crippen LogP contribution >= 0.6 is 0 Å². The van der Waals surface area contributed by atoms with Crippen molar-refractivity contribution in [2.75, 3.05) is 12.3 Å². The predicted octanol–water partition coefficient (Wildman–Crippen LogP) is 1.74. The molecular weight excluding hydrogens is 271 g/mol. The molecule has 1 unspecified atom stereocenters. The molecule has 0 heterocycles. The summed E-state index contributed by atoms with van der Waals surface area (Å²) in [6, 6.07) is 12.7. The summed E-state index contributed by atoms with van der Waals surface area (Å²) < 4.78 is 13.2. The van der Waals surface area contributed by atoms with Crippen LogP contribution in [0.15, 0.2) is 48.5 Å². The summed E-state index contributed by atoms with van der Waals surface area (Å²) in [5.74, 6) is -1.03. The minimum Gasteiger partial charge on any atom is -0.399 e. The van der Waals surface area contributed by atoms with Gasteiger partial charge in [-0.15, -0.1) is 0 Å². The maximum absolute atomic E-state index is 13.2. The van der Waals surface area contributed by atoms with Crippen LogP contribution in [-0.4, -0.2) is 23.7 Å². The molecule has 1 amide bonds. The molecule has 2 aromatic carbocycles. The summed E-state index contributed by atoms with van der Waals surface area (Å²) in [4.78, 5) is 12.1. The van der Waals surface area contributed by atoms with Crippen molar-refractivity contribution in [3.8, 4) is 0 Å². The van der Waals surface area contributed by atoms with E-state index in [1.165, 1.54) is 6.07 Å². The Labute approximate surface area is 122 Å². The molecule has 110 valence electrons. The Hall–Kier alpha value is -2.40. The molecule has 0 spiro atoms. The van der Waals surface area contributed by atoms with Gasteiger partial charge in [-0.05, 0) is 30.2 Å². The second kappa shape index (κ2) is 6.85. The number of nitrogens with one attached hydrogen (secondary N) is 1. The average Bonchev–Trinajstić information content (AvgIpc) is 2.46. The van der Waals surface area contributed by atoms with E-state index >= 15 is 0 Å². The largest absolute Gasteiger partial charge is 0.399 e. The number of rotatable bonds is 5. The number of hydrogen-bond donors (Lipinski definition) is 3. The second-order valence-electron chi connectivity index (χ2n) is 4.82. The lowest BCUT2D eigenvalue weighted by Gasteiger charge is -2.16. The first-order valence-corrected chi connectivity index (χ1v) is 6.60. The Bertz CT molecular complexity index is 597. The highest BCUT2D eigenvalue weighted by Crippen LogP contribution is 2.11. The minimum atomic E-state index is -0.566. The molecule has 0 aromatic heterocycles. The maximum Gasteiger partial charge on any atom is 0.251 e. The molecule has 2 rings (SSSR count). The number of halogens is 1. The summed E-state index contributed by atoms with van der Waals surface area (Å²) in [5, 5.41) is 12.1. The Morgan fingerprint density at radius 1 is 1.24 bits per heavy atom. The highest BCUT2D eigenvalue weighted by molar-refractivity contribution is 5.95. The number of carbonyl (C=O) groups is 1. The molecule has 0 bridgehead atoms. The Morgan fingerprint density at radius 3 is 2.57 bits per heavy atom. The van der Waals surface area contributed by atoms with Crippen LogP contribution in [0.25, 0.3) is 0 Å². The number of nitrogen functional groups attached to an aromatic ring is 1. The Morgan fingerprint density at radius 2 is 1.95 bits per heavy atom. The van der Waals surface area contributed by atoms with Gasteiger partial charge >= 0.3 is 0 Å². The molecule has 0 radical (unpaired) electrons. The monoisotopic (exact) mass is 288 g/mol. The van der Waals surface area contributed by atoms with E-state index in [-0.39, 0.29) is 17.9 Å². The number of hydrogen-bond acceptors (Lipinski definition) is 3. The molecule has 0 aliphatic carbocycles. The van der Waals surface area contributed by atoms with Gasteiger partial charge in [0, 0.05) is 11.3 Å². The van der Waals surface area contributed by atoms with E-state index in [0.29, 0.717) is 6.42 Å². The Kier molecular flexibility index (Phi) is 4.90. The van der Waals surface area contributed by atoms with Crippen molar-refractivity contribution < 1.29 is 14.3 Å². The third-order valence-electron chi connectivity index (χ3n) is 3.06. The number of anilines is 1. The molecule has 0 fully saturated rings. The lowest BCUT2D eigenvalue weighted by atomic mass is 10.1. The zero-order chi connectivity index (χ0) is 15.2. The van der Waals surface area contributed by atoms with E-state index in [0.717, 1.165) is 17.7 Å². The molecule has 4 nitrogen and oxygen atoms in total. The van der Waals surface area contributed by atoms with Crippen LogP contribution in [0.2, 0.25) is 0 Å². The lowest BCUT2D eigenvalue weighted by molar-refractivity contribution is 0.0916. The van der Waals surface area contributed by atoms with E-state index < -0.39 is 17.8 Å². The van der Waals surface area contributed by atoms with Crippen molar-refractivity contribution in [3.05, 3.63) is 65.5 Å². The second-order valence-corrected chi connectivity index (χ2v) is 4.82.